The Hall–Kier alpha value is -0.230. The molecule has 2 heterocycles. The maximum atomic E-state index is 11.3. The van der Waals surface area contributed by atoms with Crippen LogP contribution in [0.1, 0.15) is 19.8 Å². The predicted octanol–water partition coefficient (Wildman–Crippen LogP) is -5.54. The largest absolute Gasteiger partial charge is 1.00 e. The first-order chi connectivity index (χ1) is 11.8. The molecule has 10 heteroatoms. The van der Waals surface area contributed by atoms with Crippen molar-refractivity contribution in [2.24, 2.45) is 17.8 Å². The van der Waals surface area contributed by atoms with E-state index in [0.29, 0.717) is 6.42 Å². The molecule has 2 fully saturated rings. The Morgan fingerprint density at radius 3 is 2.54 bits per heavy atom. The van der Waals surface area contributed by atoms with Crippen LogP contribution in [0.25, 0.3) is 0 Å². The van der Waals surface area contributed by atoms with Crippen molar-refractivity contribution in [3.8, 4) is 0 Å². The number of aliphatic hydroxyl groups excluding tert-OH is 4. The Morgan fingerprint density at radius 1 is 1.23 bits per heavy atom. The summed E-state index contributed by atoms with van der Waals surface area (Å²) < 4.78 is 16.4. The Kier molecular flexibility index (Phi) is 7.51. The molecule has 1 saturated carbocycles. The van der Waals surface area contributed by atoms with Crippen LogP contribution in [-0.2, 0) is 19.0 Å². The van der Waals surface area contributed by atoms with Crippen LogP contribution in [0.3, 0.4) is 0 Å². The van der Waals surface area contributed by atoms with Gasteiger partial charge >= 0.3 is 29.6 Å². The second-order valence-corrected chi connectivity index (χ2v) is 6.94. The number of aliphatic carboxylic acids is 1. The van der Waals surface area contributed by atoms with Gasteiger partial charge in [-0.3, -0.25) is 0 Å². The van der Waals surface area contributed by atoms with Crippen LogP contribution in [0, 0.1) is 17.8 Å². The zero-order chi connectivity index (χ0) is 18.3. The maximum Gasteiger partial charge on any atom is 1.00 e. The van der Waals surface area contributed by atoms with Crippen molar-refractivity contribution >= 4 is 5.97 Å². The zero-order valence-corrected chi connectivity index (χ0v) is 16.7. The van der Waals surface area contributed by atoms with Crippen molar-refractivity contribution < 1.29 is 74.1 Å². The predicted molar refractivity (Wildman–Crippen MR) is 78.2 cm³/mol. The number of hydrogen-bond acceptors (Lipinski definition) is 9. The van der Waals surface area contributed by atoms with Crippen molar-refractivity contribution in [2.75, 3.05) is 6.61 Å². The van der Waals surface area contributed by atoms with E-state index in [0.717, 1.165) is 12.7 Å². The molecule has 0 amide bonds. The molecule has 3 aliphatic rings. The molecule has 4 N–H and O–H groups in total. The van der Waals surface area contributed by atoms with E-state index in [1.54, 1.807) is 0 Å². The Morgan fingerprint density at radius 2 is 1.92 bits per heavy atom. The van der Waals surface area contributed by atoms with Gasteiger partial charge in [-0.2, -0.15) is 0 Å². The average Bonchev–Trinajstić information content (AvgIpc) is 2.97. The summed E-state index contributed by atoms with van der Waals surface area (Å²) in [4.78, 5) is 11.3. The van der Waals surface area contributed by atoms with E-state index in [2.05, 4.69) is 0 Å². The topological polar surface area (TPSA) is 149 Å². The summed E-state index contributed by atoms with van der Waals surface area (Å²) in [5.41, 5.74) is 0.0861. The third-order valence-electron chi connectivity index (χ3n) is 5.45. The van der Waals surface area contributed by atoms with Crippen molar-refractivity contribution in [1.82, 2.24) is 0 Å². The Labute approximate surface area is 172 Å². The fourth-order valence-electron chi connectivity index (χ4n) is 4.00. The second kappa shape index (κ2) is 8.85. The minimum absolute atomic E-state index is 0. The summed E-state index contributed by atoms with van der Waals surface area (Å²) in [7, 11) is 0. The Balaban J connectivity index is 0.00000243. The number of rotatable bonds is 4. The van der Waals surface area contributed by atoms with E-state index in [4.69, 9.17) is 14.2 Å². The molecule has 0 spiro atoms. The van der Waals surface area contributed by atoms with Crippen LogP contribution in [0.2, 0.25) is 0 Å². The number of carboxylic acids is 1. The molecule has 0 aromatic carbocycles. The molecule has 0 unspecified atom stereocenters. The van der Waals surface area contributed by atoms with Crippen LogP contribution in [-0.4, -0.2) is 70.0 Å². The third-order valence-corrected chi connectivity index (χ3v) is 5.45. The van der Waals surface area contributed by atoms with Crippen LogP contribution < -0.4 is 34.7 Å². The molecule has 0 radical (unpaired) electrons. The van der Waals surface area contributed by atoms with Crippen LogP contribution in [0.4, 0.5) is 0 Å². The van der Waals surface area contributed by atoms with Gasteiger partial charge in [-0.15, -0.1) is 0 Å². The van der Waals surface area contributed by atoms with Gasteiger partial charge in [0.25, 0.3) is 0 Å². The molecule has 0 aromatic heterocycles. The quantitative estimate of drug-likeness (QED) is 0.349. The van der Waals surface area contributed by atoms with E-state index in [1.165, 1.54) is 0 Å². The summed E-state index contributed by atoms with van der Waals surface area (Å²) >= 11 is 0. The van der Waals surface area contributed by atoms with Gasteiger partial charge in [-0.1, -0.05) is 6.92 Å². The van der Waals surface area contributed by atoms with E-state index in [-0.39, 0.29) is 52.9 Å². The van der Waals surface area contributed by atoms with Crippen molar-refractivity contribution in [1.29, 1.82) is 0 Å². The SMILES string of the molecule is C[C@H]1CC[C@H]2C(C(=O)[O-])=CO[C@H](O[C@@H]3O[C@H](CO)[C@@H](O)[C@H](O)[C@H]3O)[C@@H]12.[Na+]. The van der Waals surface area contributed by atoms with Crippen LogP contribution in [0.15, 0.2) is 11.8 Å². The molecular formula is C16H23NaO9. The minimum atomic E-state index is -1.55. The van der Waals surface area contributed by atoms with Gasteiger partial charge in [0, 0.05) is 11.5 Å². The van der Waals surface area contributed by atoms with Crippen molar-refractivity contribution in [2.45, 2.75) is 56.8 Å². The summed E-state index contributed by atoms with van der Waals surface area (Å²) in [6.07, 6.45) is -5.31. The zero-order valence-electron chi connectivity index (χ0n) is 14.7. The first kappa shape index (κ1) is 22.1. The second-order valence-electron chi connectivity index (χ2n) is 6.94. The van der Waals surface area contributed by atoms with E-state index in [9.17, 15) is 30.3 Å². The van der Waals surface area contributed by atoms with Gasteiger partial charge in [-0.05, 0) is 24.7 Å². The minimum Gasteiger partial charge on any atom is -0.545 e. The number of hydrogen-bond donors (Lipinski definition) is 4. The molecule has 9 atom stereocenters. The number of carboxylic acid groups (broad SMARTS) is 1. The maximum absolute atomic E-state index is 11.3. The summed E-state index contributed by atoms with van der Waals surface area (Å²) in [6.45, 7) is 1.39. The molecule has 26 heavy (non-hydrogen) atoms. The molecule has 0 bridgehead atoms. The van der Waals surface area contributed by atoms with Gasteiger partial charge in [0.05, 0.1) is 18.8 Å². The van der Waals surface area contributed by atoms with Gasteiger partial charge in [-0.25, -0.2) is 0 Å². The van der Waals surface area contributed by atoms with Crippen molar-refractivity contribution in [3.05, 3.63) is 11.8 Å². The molecule has 3 rings (SSSR count). The van der Waals surface area contributed by atoms with Gasteiger partial charge in [0.2, 0.25) is 6.29 Å². The van der Waals surface area contributed by atoms with Gasteiger partial charge in [0.15, 0.2) is 6.29 Å². The molecule has 1 aliphatic carbocycles. The molecule has 0 aromatic rings. The molecule has 142 valence electrons. The normalized spacial score (nSPS) is 45.1. The number of carbonyl (C=O) groups excluding carboxylic acids is 1. The standard InChI is InChI=1S/C16H24O9.Na/c1-6-2-3-7-8(14(21)22)5-23-15(10(6)7)25-16-13(20)12(19)11(18)9(4-17)24-16;/h5-7,9-13,15-20H,2-4H2,1H3,(H,21,22);/q;+1/p-1/t6-,7-,9+,10-,11+,12-,13+,15+,16-;/m0./s1. The first-order valence-corrected chi connectivity index (χ1v) is 8.38. The fourth-order valence-corrected chi connectivity index (χ4v) is 4.00. The average molecular weight is 382 g/mol. The number of fused-ring (bicyclic) bond motifs is 1. The van der Waals surface area contributed by atoms with Gasteiger partial charge in [0.1, 0.15) is 24.4 Å². The third kappa shape index (κ3) is 3.96. The van der Waals surface area contributed by atoms with E-state index in [1.807, 2.05) is 6.92 Å². The molecule has 9 nitrogen and oxygen atoms in total. The van der Waals surface area contributed by atoms with Crippen molar-refractivity contribution in [3.63, 3.8) is 0 Å². The Bertz CT molecular complexity index is 540. The van der Waals surface area contributed by atoms with Crippen LogP contribution in [0.5, 0.6) is 0 Å². The summed E-state index contributed by atoms with van der Waals surface area (Å²) in [5.74, 6) is -1.73. The van der Waals surface area contributed by atoms with Gasteiger partial charge < -0.3 is 44.5 Å². The van der Waals surface area contributed by atoms with E-state index >= 15 is 0 Å². The number of carbonyl (C=O) groups is 1. The summed E-state index contributed by atoms with van der Waals surface area (Å²) in [5, 5.41) is 50.2. The fraction of sp³-hybridized carbons (Fsp3) is 0.812. The van der Waals surface area contributed by atoms with Crippen LogP contribution >= 0.6 is 0 Å². The number of aliphatic hydroxyl groups is 4. The molecule has 1 saturated heterocycles. The number of ether oxygens (including phenoxy) is 3. The monoisotopic (exact) mass is 382 g/mol. The van der Waals surface area contributed by atoms with E-state index < -0.39 is 49.6 Å². The first-order valence-electron chi connectivity index (χ1n) is 8.38. The summed E-state index contributed by atoms with van der Waals surface area (Å²) in [6, 6.07) is 0. The molecular weight excluding hydrogens is 359 g/mol. The smallest absolute Gasteiger partial charge is 0.545 e. The molecule has 2 aliphatic heterocycles.